The number of carboxylic acid groups (broad SMARTS) is 1. The third kappa shape index (κ3) is 7.77. The normalized spacial score (nSPS) is 11.9. The first-order valence-corrected chi connectivity index (χ1v) is 14.9. The SMILES string of the molecule is N=C(N)NCCCCC(=O)Nc1ccc(CC(NC(=O)c2cc3ccccc3n2S(=O)(=O)c2ccccc2)C(=O)O)cc1. The van der Waals surface area contributed by atoms with Crippen molar-refractivity contribution in [3.63, 3.8) is 0 Å². The zero-order valence-electron chi connectivity index (χ0n) is 23.1. The molecule has 0 bridgehead atoms. The van der Waals surface area contributed by atoms with Crippen LogP contribution in [-0.4, -0.2) is 53.8 Å². The average Bonchev–Trinajstić information content (AvgIpc) is 3.39. The lowest BCUT2D eigenvalue weighted by Crippen LogP contribution is -2.43. The van der Waals surface area contributed by atoms with Gasteiger partial charge in [0, 0.05) is 30.5 Å². The Morgan fingerprint density at radius 3 is 2.28 bits per heavy atom. The Balaban J connectivity index is 1.46. The lowest BCUT2D eigenvalue weighted by molar-refractivity contribution is -0.139. The van der Waals surface area contributed by atoms with Gasteiger partial charge in [-0.15, -0.1) is 0 Å². The Morgan fingerprint density at radius 2 is 1.60 bits per heavy atom. The molecule has 7 N–H and O–H groups in total. The second kappa shape index (κ2) is 13.7. The fourth-order valence-corrected chi connectivity index (χ4v) is 6.03. The molecule has 4 rings (SSSR count). The fraction of sp³-hybridized carbons (Fsp3) is 0.200. The molecule has 0 saturated heterocycles. The number of nitrogens with two attached hydrogens (primary N) is 1. The first-order valence-electron chi connectivity index (χ1n) is 13.5. The summed E-state index contributed by atoms with van der Waals surface area (Å²) in [5.41, 5.74) is 6.40. The summed E-state index contributed by atoms with van der Waals surface area (Å²) in [6.07, 6.45) is 1.48. The van der Waals surface area contributed by atoms with Crippen molar-refractivity contribution in [1.29, 1.82) is 5.41 Å². The van der Waals surface area contributed by atoms with Crippen molar-refractivity contribution in [3.05, 3.63) is 96.2 Å². The van der Waals surface area contributed by atoms with Gasteiger partial charge in [-0.05, 0) is 54.8 Å². The van der Waals surface area contributed by atoms with Crippen molar-refractivity contribution in [1.82, 2.24) is 14.6 Å². The first-order chi connectivity index (χ1) is 20.6. The van der Waals surface area contributed by atoms with Crippen molar-refractivity contribution in [3.8, 4) is 0 Å². The van der Waals surface area contributed by atoms with E-state index in [-0.39, 0.29) is 40.8 Å². The highest BCUT2D eigenvalue weighted by Gasteiger charge is 2.29. The number of aromatic nitrogens is 1. The van der Waals surface area contributed by atoms with Gasteiger partial charge < -0.3 is 26.8 Å². The number of benzene rings is 3. The smallest absolute Gasteiger partial charge is 0.326 e. The lowest BCUT2D eigenvalue weighted by atomic mass is 10.1. The van der Waals surface area contributed by atoms with Gasteiger partial charge in [-0.1, -0.05) is 48.5 Å². The largest absolute Gasteiger partial charge is 0.480 e. The first kappa shape index (κ1) is 30.8. The van der Waals surface area contributed by atoms with Crippen molar-refractivity contribution in [2.45, 2.75) is 36.6 Å². The van der Waals surface area contributed by atoms with E-state index in [0.29, 0.717) is 36.0 Å². The Kier molecular flexibility index (Phi) is 9.78. The predicted molar refractivity (Wildman–Crippen MR) is 162 cm³/mol. The minimum absolute atomic E-state index is 0.0163. The van der Waals surface area contributed by atoms with E-state index in [9.17, 15) is 27.9 Å². The number of hydrogen-bond donors (Lipinski definition) is 6. The fourth-order valence-electron chi connectivity index (χ4n) is 4.49. The number of carbonyl (C=O) groups is 3. The van der Waals surface area contributed by atoms with Gasteiger partial charge >= 0.3 is 5.97 Å². The van der Waals surface area contributed by atoms with E-state index in [1.807, 2.05) is 0 Å². The third-order valence-electron chi connectivity index (χ3n) is 6.61. The molecule has 0 radical (unpaired) electrons. The summed E-state index contributed by atoms with van der Waals surface area (Å²) in [6.45, 7) is 0.504. The maximum absolute atomic E-state index is 13.6. The summed E-state index contributed by atoms with van der Waals surface area (Å²) in [5.74, 6) is -2.45. The van der Waals surface area contributed by atoms with Crippen LogP contribution >= 0.6 is 0 Å². The number of carboxylic acids is 1. The van der Waals surface area contributed by atoms with Gasteiger partial charge in [0.2, 0.25) is 5.91 Å². The average molecular weight is 605 g/mol. The number of amides is 2. The molecule has 4 aromatic rings. The molecule has 43 heavy (non-hydrogen) atoms. The number of hydrogen-bond acceptors (Lipinski definition) is 6. The van der Waals surface area contributed by atoms with Gasteiger partial charge in [0.05, 0.1) is 10.4 Å². The highest BCUT2D eigenvalue weighted by Crippen LogP contribution is 2.26. The molecule has 13 heteroatoms. The van der Waals surface area contributed by atoms with Crippen molar-refractivity contribution in [2.75, 3.05) is 11.9 Å². The molecule has 0 saturated carbocycles. The minimum atomic E-state index is -4.18. The Hall–Kier alpha value is -5.17. The highest BCUT2D eigenvalue weighted by atomic mass is 32.2. The van der Waals surface area contributed by atoms with E-state index in [1.54, 1.807) is 66.7 Å². The standard InChI is InChI=1S/C30H32N6O6S/c31-30(32)33-17-7-6-12-27(37)34-22-15-13-20(14-16-22)18-24(29(39)40)35-28(38)26-19-21-8-4-5-11-25(21)36(26)43(41,42)23-9-2-1-3-10-23/h1-5,8-11,13-16,19,24H,6-7,12,17-18H2,(H,34,37)(H,35,38)(H,39,40)(H4,31,32,33). The van der Waals surface area contributed by atoms with E-state index >= 15 is 0 Å². The molecule has 0 fully saturated rings. The highest BCUT2D eigenvalue weighted by molar-refractivity contribution is 7.90. The summed E-state index contributed by atoms with van der Waals surface area (Å²) in [4.78, 5) is 37.7. The summed E-state index contributed by atoms with van der Waals surface area (Å²) in [5, 5.41) is 25.4. The van der Waals surface area contributed by atoms with Crippen LogP contribution in [0, 0.1) is 5.41 Å². The second-order valence-electron chi connectivity index (χ2n) is 9.78. The number of nitrogens with zero attached hydrogens (tertiary/aromatic N) is 1. The molecule has 0 aliphatic rings. The van der Waals surface area contributed by atoms with Crippen LogP contribution in [0.2, 0.25) is 0 Å². The van der Waals surface area contributed by atoms with Crippen LogP contribution in [-0.2, 0) is 26.0 Å². The van der Waals surface area contributed by atoms with E-state index in [0.717, 1.165) is 3.97 Å². The number of aliphatic carboxylic acids is 1. The van der Waals surface area contributed by atoms with Gasteiger partial charge in [-0.2, -0.15) is 0 Å². The van der Waals surface area contributed by atoms with Crippen LogP contribution in [0.5, 0.6) is 0 Å². The summed E-state index contributed by atoms with van der Waals surface area (Å²) in [7, 11) is -4.18. The molecule has 1 atom stereocenters. The monoisotopic (exact) mass is 604 g/mol. The Morgan fingerprint density at radius 1 is 0.930 bits per heavy atom. The molecule has 1 aromatic heterocycles. The molecular formula is C30H32N6O6S. The summed E-state index contributed by atoms with van der Waals surface area (Å²) < 4.78 is 28.1. The summed E-state index contributed by atoms with van der Waals surface area (Å²) in [6, 6.07) is 20.9. The molecule has 3 aromatic carbocycles. The number of rotatable bonds is 13. The third-order valence-corrected chi connectivity index (χ3v) is 8.35. The number of fused-ring (bicyclic) bond motifs is 1. The molecule has 0 spiro atoms. The van der Waals surface area contributed by atoms with Crippen LogP contribution in [0.4, 0.5) is 5.69 Å². The maximum atomic E-state index is 13.6. The van der Waals surface area contributed by atoms with Crippen LogP contribution < -0.4 is 21.7 Å². The van der Waals surface area contributed by atoms with Gasteiger partial charge in [0.15, 0.2) is 5.96 Å². The topological polar surface area (TPSA) is 196 Å². The summed E-state index contributed by atoms with van der Waals surface area (Å²) >= 11 is 0. The molecule has 0 aliphatic heterocycles. The van der Waals surface area contributed by atoms with E-state index in [2.05, 4.69) is 16.0 Å². The van der Waals surface area contributed by atoms with E-state index in [4.69, 9.17) is 11.1 Å². The minimum Gasteiger partial charge on any atom is -0.480 e. The quantitative estimate of drug-likeness (QED) is 0.0761. The Bertz CT molecular complexity index is 1740. The van der Waals surface area contributed by atoms with Crippen molar-refractivity contribution in [2.24, 2.45) is 5.73 Å². The maximum Gasteiger partial charge on any atom is 0.326 e. The van der Waals surface area contributed by atoms with Crippen molar-refractivity contribution < 1.29 is 27.9 Å². The number of guanidine groups is 1. The van der Waals surface area contributed by atoms with Gasteiger partial charge in [-0.3, -0.25) is 15.0 Å². The van der Waals surface area contributed by atoms with Crippen LogP contribution in [0.3, 0.4) is 0 Å². The molecule has 0 aliphatic carbocycles. The van der Waals surface area contributed by atoms with Gasteiger partial charge in [0.25, 0.3) is 15.9 Å². The number of para-hydroxylation sites is 1. The number of anilines is 1. The molecule has 2 amide bonds. The number of carbonyl (C=O) groups excluding carboxylic acids is 2. The molecular weight excluding hydrogens is 572 g/mol. The van der Waals surface area contributed by atoms with Crippen LogP contribution in [0.15, 0.2) is 89.8 Å². The molecule has 1 heterocycles. The second-order valence-corrected chi connectivity index (χ2v) is 11.6. The van der Waals surface area contributed by atoms with Crippen molar-refractivity contribution >= 4 is 50.4 Å². The molecule has 224 valence electrons. The van der Waals surface area contributed by atoms with Gasteiger partial charge in [0.1, 0.15) is 11.7 Å². The predicted octanol–water partition coefficient (Wildman–Crippen LogP) is 2.90. The Labute approximate surface area is 248 Å². The van der Waals surface area contributed by atoms with E-state index < -0.39 is 27.9 Å². The lowest BCUT2D eigenvalue weighted by Gasteiger charge is -2.17. The van der Waals surface area contributed by atoms with Crippen LogP contribution in [0.1, 0.15) is 35.3 Å². The number of nitrogens with one attached hydrogen (secondary N) is 4. The zero-order chi connectivity index (χ0) is 31.0. The zero-order valence-corrected chi connectivity index (χ0v) is 23.9. The van der Waals surface area contributed by atoms with E-state index in [1.165, 1.54) is 18.2 Å². The molecule has 12 nitrogen and oxygen atoms in total. The van der Waals surface area contributed by atoms with Crippen LogP contribution in [0.25, 0.3) is 10.9 Å². The van der Waals surface area contributed by atoms with Gasteiger partial charge in [-0.25, -0.2) is 17.2 Å². The number of unbranched alkanes of at least 4 members (excludes halogenated alkanes) is 1. The molecule has 1 unspecified atom stereocenters.